The Balaban J connectivity index is 1.77. The molecule has 5 nitrogen and oxygen atoms in total. The Morgan fingerprint density at radius 1 is 0.931 bits per heavy atom. The molecule has 0 radical (unpaired) electrons. The summed E-state index contributed by atoms with van der Waals surface area (Å²) in [6, 6.07) is 23.4. The fourth-order valence-electron chi connectivity index (χ4n) is 2.99. The van der Waals surface area contributed by atoms with Crippen LogP contribution in [0.25, 0.3) is 0 Å². The van der Waals surface area contributed by atoms with Gasteiger partial charge in [-0.1, -0.05) is 66.7 Å². The first-order valence-corrected chi connectivity index (χ1v) is 10.9. The second kappa shape index (κ2) is 9.03. The third kappa shape index (κ3) is 5.31. The van der Waals surface area contributed by atoms with Crippen molar-refractivity contribution in [2.24, 2.45) is 0 Å². The van der Waals surface area contributed by atoms with E-state index in [-0.39, 0.29) is 23.4 Å². The van der Waals surface area contributed by atoms with Crippen LogP contribution in [0.4, 0.5) is 0 Å². The molecular formula is C23H24N2O3S. The van der Waals surface area contributed by atoms with Crippen LogP contribution in [-0.2, 0) is 16.6 Å². The minimum atomic E-state index is -3.76. The fraction of sp³-hybridized carbons (Fsp3) is 0.174. The molecular weight excluding hydrogens is 384 g/mol. The molecule has 0 aliphatic heterocycles. The predicted molar refractivity (Wildman–Crippen MR) is 114 cm³/mol. The summed E-state index contributed by atoms with van der Waals surface area (Å²) in [7, 11) is -3.76. The molecule has 0 unspecified atom stereocenters. The van der Waals surface area contributed by atoms with Gasteiger partial charge in [-0.05, 0) is 42.7 Å². The maximum absolute atomic E-state index is 12.8. The van der Waals surface area contributed by atoms with Gasteiger partial charge in [0.2, 0.25) is 10.0 Å². The Hall–Kier alpha value is -2.96. The van der Waals surface area contributed by atoms with Gasteiger partial charge in [0, 0.05) is 12.1 Å². The Bertz CT molecular complexity index is 1080. The second-order valence-electron chi connectivity index (χ2n) is 6.90. The summed E-state index contributed by atoms with van der Waals surface area (Å²) in [6.45, 7) is 3.79. The van der Waals surface area contributed by atoms with Crippen molar-refractivity contribution >= 4 is 15.9 Å². The van der Waals surface area contributed by atoms with Crippen molar-refractivity contribution in [2.45, 2.75) is 31.3 Å². The lowest BCUT2D eigenvalue weighted by atomic mass is 10.1. The van der Waals surface area contributed by atoms with Gasteiger partial charge in [0.1, 0.15) is 0 Å². The molecule has 3 aromatic carbocycles. The van der Waals surface area contributed by atoms with Crippen LogP contribution in [0.3, 0.4) is 0 Å². The highest BCUT2D eigenvalue weighted by Crippen LogP contribution is 2.19. The first kappa shape index (κ1) is 20.8. The van der Waals surface area contributed by atoms with Gasteiger partial charge in [0.05, 0.1) is 10.9 Å². The summed E-state index contributed by atoms with van der Waals surface area (Å²) < 4.78 is 28.2. The maximum Gasteiger partial charge on any atom is 0.251 e. The Kier molecular flexibility index (Phi) is 6.46. The Labute approximate surface area is 171 Å². The van der Waals surface area contributed by atoms with Gasteiger partial charge in [-0.25, -0.2) is 13.1 Å². The number of benzene rings is 3. The van der Waals surface area contributed by atoms with Crippen molar-refractivity contribution in [1.82, 2.24) is 10.0 Å². The molecule has 0 fully saturated rings. The summed E-state index contributed by atoms with van der Waals surface area (Å²) in [5.41, 5.74) is 2.72. The first-order valence-electron chi connectivity index (χ1n) is 9.37. The lowest BCUT2D eigenvalue weighted by Crippen LogP contribution is -2.28. The number of hydrogen-bond acceptors (Lipinski definition) is 3. The summed E-state index contributed by atoms with van der Waals surface area (Å²) in [5.74, 6) is -0.319. The van der Waals surface area contributed by atoms with Crippen molar-refractivity contribution in [2.75, 3.05) is 0 Å². The normalized spacial score (nSPS) is 12.3. The van der Waals surface area contributed by atoms with Crippen LogP contribution in [0.1, 0.15) is 40.0 Å². The highest BCUT2D eigenvalue weighted by Gasteiger charge is 2.20. The van der Waals surface area contributed by atoms with Crippen molar-refractivity contribution in [1.29, 1.82) is 0 Å². The van der Waals surface area contributed by atoms with Crippen LogP contribution in [0.2, 0.25) is 0 Å². The molecule has 0 heterocycles. The quantitative estimate of drug-likeness (QED) is 0.621. The van der Waals surface area contributed by atoms with Gasteiger partial charge >= 0.3 is 0 Å². The van der Waals surface area contributed by atoms with Gasteiger partial charge < -0.3 is 5.32 Å². The summed E-state index contributed by atoms with van der Waals surface area (Å²) in [4.78, 5) is 12.8. The number of hydrogen-bond donors (Lipinski definition) is 2. The van der Waals surface area contributed by atoms with Crippen LogP contribution in [-0.4, -0.2) is 14.3 Å². The van der Waals surface area contributed by atoms with E-state index in [2.05, 4.69) is 10.0 Å². The average molecular weight is 409 g/mol. The lowest BCUT2D eigenvalue weighted by Gasteiger charge is -2.15. The third-order valence-corrected chi connectivity index (χ3v) is 6.24. The smallest absolute Gasteiger partial charge is 0.251 e. The van der Waals surface area contributed by atoms with Gasteiger partial charge in [-0.15, -0.1) is 0 Å². The molecule has 29 heavy (non-hydrogen) atoms. The van der Waals surface area contributed by atoms with E-state index >= 15 is 0 Å². The molecule has 0 spiro atoms. The monoisotopic (exact) mass is 408 g/mol. The maximum atomic E-state index is 12.8. The van der Waals surface area contributed by atoms with Crippen molar-refractivity contribution in [3.63, 3.8) is 0 Å². The second-order valence-corrected chi connectivity index (χ2v) is 8.63. The zero-order chi connectivity index (χ0) is 20.9. The van der Waals surface area contributed by atoms with Crippen LogP contribution in [0.5, 0.6) is 0 Å². The molecule has 6 heteroatoms. The van der Waals surface area contributed by atoms with Gasteiger partial charge in [0.25, 0.3) is 5.91 Å². The zero-order valence-electron chi connectivity index (χ0n) is 16.4. The minimum Gasteiger partial charge on any atom is -0.346 e. The van der Waals surface area contributed by atoms with Gasteiger partial charge in [-0.2, -0.15) is 0 Å². The largest absolute Gasteiger partial charge is 0.346 e. The topological polar surface area (TPSA) is 75.3 Å². The SMILES string of the molecule is Cc1ccc(C(=O)N[C@@H](C)c2ccccc2)cc1S(=O)(=O)NCc1ccccc1. The first-order chi connectivity index (χ1) is 13.9. The molecule has 0 bridgehead atoms. The van der Waals surface area contributed by atoms with Crippen molar-refractivity contribution in [3.8, 4) is 0 Å². The van der Waals surface area contributed by atoms with E-state index in [1.54, 1.807) is 19.1 Å². The van der Waals surface area contributed by atoms with Crippen LogP contribution in [0.15, 0.2) is 83.8 Å². The molecule has 0 saturated carbocycles. The summed E-state index contributed by atoms with van der Waals surface area (Å²) in [5, 5.41) is 2.91. The van der Waals surface area contributed by atoms with Crippen LogP contribution >= 0.6 is 0 Å². The fourth-order valence-corrected chi connectivity index (χ4v) is 4.27. The average Bonchev–Trinajstić information content (AvgIpc) is 2.74. The standard InChI is InChI=1S/C23H24N2O3S/c1-17-13-14-21(23(26)25-18(2)20-11-7-4-8-12-20)15-22(17)29(27,28)24-16-19-9-5-3-6-10-19/h3-15,18,24H,16H2,1-2H3,(H,25,26)/t18-/m0/s1. The number of sulfonamides is 1. The van der Waals surface area contributed by atoms with E-state index < -0.39 is 10.0 Å². The molecule has 150 valence electrons. The van der Waals surface area contributed by atoms with E-state index in [4.69, 9.17) is 0 Å². The molecule has 1 atom stereocenters. The van der Waals surface area contributed by atoms with Crippen LogP contribution < -0.4 is 10.0 Å². The molecule has 0 aromatic heterocycles. The number of rotatable bonds is 7. The van der Waals surface area contributed by atoms with E-state index in [1.165, 1.54) is 6.07 Å². The van der Waals surface area contributed by atoms with Crippen molar-refractivity contribution in [3.05, 3.63) is 101 Å². The zero-order valence-corrected chi connectivity index (χ0v) is 17.2. The van der Waals surface area contributed by atoms with E-state index in [0.29, 0.717) is 11.1 Å². The molecule has 2 N–H and O–H groups in total. The molecule has 0 saturated heterocycles. The van der Waals surface area contributed by atoms with E-state index in [1.807, 2.05) is 67.6 Å². The van der Waals surface area contributed by atoms with E-state index in [9.17, 15) is 13.2 Å². The summed E-state index contributed by atoms with van der Waals surface area (Å²) >= 11 is 0. The predicted octanol–water partition coefficient (Wildman–Crippen LogP) is 3.96. The molecule has 0 aliphatic carbocycles. The van der Waals surface area contributed by atoms with E-state index in [0.717, 1.165) is 11.1 Å². The highest BCUT2D eigenvalue weighted by atomic mass is 32.2. The Morgan fingerprint density at radius 2 is 1.55 bits per heavy atom. The Morgan fingerprint density at radius 3 is 2.21 bits per heavy atom. The van der Waals surface area contributed by atoms with Gasteiger partial charge in [-0.3, -0.25) is 4.79 Å². The molecule has 3 aromatic rings. The molecule has 1 amide bonds. The van der Waals surface area contributed by atoms with Crippen molar-refractivity contribution < 1.29 is 13.2 Å². The lowest BCUT2D eigenvalue weighted by molar-refractivity contribution is 0.0939. The van der Waals surface area contributed by atoms with Gasteiger partial charge in [0.15, 0.2) is 0 Å². The molecule has 3 rings (SSSR count). The number of aryl methyl sites for hydroxylation is 1. The highest BCUT2D eigenvalue weighted by molar-refractivity contribution is 7.89. The number of carbonyl (C=O) groups excluding carboxylic acids is 1. The molecule has 0 aliphatic rings. The number of carbonyl (C=O) groups is 1. The minimum absolute atomic E-state index is 0.105. The van der Waals surface area contributed by atoms with Crippen LogP contribution in [0, 0.1) is 6.92 Å². The number of nitrogens with one attached hydrogen (secondary N) is 2. The summed E-state index contributed by atoms with van der Waals surface area (Å²) in [6.07, 6.45) is 0. The third-order valence-electron chi connectivity index (χ3n) is 4.70. The number of amides is 1.